The predicted molar refractivity (Wildman–Crippen MR) is 96.1 cm³/mol. The molecule has 1 aromatic rings. The number of ether oxygens (including phenoxy) is 1. The quantitative estimate of drug-likeness (QED) is 0.853. The Bertz CT molecular complexity index is 646. The Hall–Kier alpha value is -1.79. The summed E-state index contributed by atoms with van der Waals surface area (Å²) in [5, 5.41) is 6.86. The van der Waals surface area contributed by atoms with Crippen LogP contribution in [0, 0.1) is 0 Å². The second kappa shape index (κ2) is 8.06. The largest absolute Gasteiger partial charge is 0.496 e. The fraction of sp³-hybridized carbons (Fsp3) is 0.556. The normalized spacial score (nSPS) is 21.2. The molecule has 0 spiro atoms. The number of likely N-dealkylation sites (tertiary alicyclic amines) is 1. The van der Waals surface area contributed by atoms with E-state index in [9.17, 15) is 9.59 Å². The number of hydrogen-bond acceptors (Lipinski definition) is 4. The van der Waals surface area contributed by atoms with Gasteiger partial charge in [0.1, 0.15) is 11.8 Å². The average Bonchev–Trinajstić information content (AvgIpc) is 3.12. The summed E-state index contributed by atoms with van der Waals surface area (Å²) >= 11 is 6.04. The van der Waals surface area contributed by atoms with Crippen LogP contribution in [0.15, 0.2) is 18.2 Å². The second-order valence-electron chi connectivity index (χ2n) is 6.53. The monoisotopic (exact) mass is 365 g/mol. The topological polar surface area (TPSA) is 70.7 Å². The molecule has 2 fully saturated rings. The minimum atomic E-state index is -0.425. The first-order valence-electron chi connectivity index (χ1n) is 8.75. The number of amides is 2. The van der Waals surface area contributed by atoms with Crippen molar-refractivity contribution in [2.75, 3.05) is 26.7 Å². The Morgan fingerprint density at radius 2 is 2.04 bits per heavy atom. The highest BCUT2D eigenvalue weighted by atomic mass is 35.5. The maximum atomic E-state index is 13.0. The maximum Gasteiger partial charge on any atom is 0.258 e. The fourth-order valence-corrected chi connectivity index (χ4v) is 3.72. The van der Waals surface area contributed by atoms with Crippen LogP contribution in [0.5, 0.6) is 5.75 Å². The Labute approximate surface area is 152 Å². The molecule has 0 aromatic heterocycles. The van der Waals surface area contributed by atoms with Gasteiger partial charge in [-0.3, -0.25) is 9.59 Å². The number of halogens is 1. The van der Waals surface area contributed by atoms with Gasteiger partial charge in [0.05, 0.1) is 12.7 Å². The van der Waals surface area contributed by atoms with Crippen LogP contribution in [-0.2, 0) is 4.79 Å². The third-order valence-corrected chi connectivity index (χ3v) is 5.13. The van der Waals surface area contributed by atoms with Crippen LogP contribution >= 0.6 is 11.6 Å². The molecule has 2 saturated heterocycles. The number of nitrogens with zero attached hydrogens (tertiary/aromatic N) is 1. The van der Waals surface area contributed by atoms with E-state index in [-0.39, 0.29) is 17.9 Å². The zero-order valence-corrected chi connectivity index (χ0v) is 15.1. The molecule has 1 unspecified atom stereocenters. The van der Waals surface area contributed by atoms with Crippen molar-refractivity contribution in [2.45, 2.75) is 37.8 Å². The number of carbonyl (C=O) groups is 2. The van der Waals surface area contributed by atoms with Gasteiger partial charge in [0.2, 0.25) is 5.91 Å². The molecule has 6 nitrogen and oxygen atoms in total. The fourth-order valence-electron chi connectivity index (χ4n) is 3.55. The van der Waals surface area contributed by atoms with Crippen LogP contribution in [0.1, 0.15) is 36.0 Å². The van der Waals surface area contributed by atoms with E-state index in [1.54, 1.807) is 23.1 Å². The second-order valence-corrected chi connectivity index (χ2v) is 6.97. The highest BCUT2D eigenvalue weighted by Gasteiger charge is 2.36. The smallest absolute Gasteiger partial charge is 0.258 e. The van der Waals surface area contributed by atoms with Crippen LogP contribution in [0.3, 0.4) is 0 Å². The Balaban J connectivity index is 1.73. The van der Waals surface area contributed by atoms with Crippen LogP contribution in [0.4, 0.5) is 0 Å². The Morgan fingerprint density at radius 3 is 2.76 bits per heavy atom. The number of carbonyl (C=O) groups excluding carboxylic acids is 2. The molecule has 1 aromatic carbocycles. The van der Waals surface area contributed by atoms with E-state index in [4.69, 9.17) is 16.3 Å². The lowest BCUT2D eigenvalue weighted by Gasteiger charge is -2.29. The molecule has 3 rings (SSSR count). The number of piperidine rings is 1. The van der Waals surface area contributed by atoms with E-state index < -0.39 is 6.04 Å². The molecule has 136 valence electrons. The first kappa shape index (κ1) is 18.0. The molecule has 2 aliphatic heterocycles. The van der Waals surface area contributed by atoms with Gasteiger partial charge < -0.3 is 20.3 Å². The predicted octanol–water partition coefficient (Wildman–Crippen LogP) is 1.82. The molecule has 2 aliphatic rings. The van der Waals surface area contributed by atoms with Crippen LogP contribution in [0.25, 0.3) is 0 Å². The van der Waals surface area contributed by atoms with E-state index in [0.717, 1.165) is 32.4 Å². The third kappa shape index (κ3) is 4.07. The van der Waals surface area contributed by atoms with Crippen molar-refractivity contribution in [3.05, 3.63) is 28.8 Å². The van der Waals surface area contributed by atoms with Gasteiger partial charge in [-0.1, -0.05) is 11.6 Å². The molecule has 0 bridgehead atoms. The molecule has 25 heavy (non-hydrogen) atoms. The summed E-state index contributed by atoms with van der Waals surface area (Å²) in [6.07, 6.45) is 3.35. The zero-order valence-electron chi connectivity index (χ0n) is 14.4. The van der Waals surface area contributed by atoms with Crippen LogP contribution in [-0.4, -0.2) is 55.5 Å². The minimum absolute atomic E-state index is 0.0567. The Morgan fingerprint density at radius 1 is 1.28 bits per heavy atom. The molecule has 0 radical (unpaired) electrons. The maximum absolute atomic E-state index is 13.0. The molecule has 2 heterocycles. The van der Waals surface area contributed by atoms with Gasteiger partial charge in [-0.25, -0.2) is 0 Å². The van der Waals surface area contributed by atoms with Crippen molar-refractivity contribution >= 4 is 23.4 Å². The standard InChI is InChI=1S/C18H24ClN3O3/c1-25-16-5-4-12(19)11-14(16)18(24)22-10-2-3-15(22)17(23)21-13-6-8-20-9-7-13/h4-5,11,13,15,20H,2-3,6-10H2,1H3,(H,21,23). The molecule has 0 saturated carbocycles. The van der Waals surface area contributed by atoms with Gasteiger partial charge in [0.25, 0.3) is 5.91 Å². The number of methoxy groups -OCH3 is 1. The van der Waals surface area contributed by atoms with Crippen LogP contribution < -0.4 is 15.4 Å². The average molecular weight is 366 g/mol. The minimum Gasteiger partial charge on any atom is -0.496 e. The van der Waals surface area contributed by atoms with E-state index in [2.05, 4.69) is 10.6 Å². The highest BCUT2D eigenvalue weighted by molar-refractivity contribution is 6.31. The van der Waals surface area contributed by atoms with Crippen molar-refractivity contribution in [2.24, 2.45) is 0 Å². The number of benzene rings is 1. The van der Waals surface area contributed by atoms with E-state index >= 15 is 0 Å². The first-order valence-corrected chi connectivity index (χ1v) is 9.13. The lowest BCUT2D eigenvalue weighted by molar-refractivity contribution is -0.125. The van der Waals surface area contributed by atoms with Crippen molar-refractivity contribution in [3.63, 3.8) is 0 Å². The SMILES string of the molecule is COc1ccc(Cl)cc1C(=O)N1CCCC1C(=O)NC1CCNCC1. The van der Waals surface area contributed by atoms with E-state index in [1.807, 2.05) is 0 Å². The zero-order chi connectivity index (χ0) is 17.8. The molecule has 0 aliphatic carbocycles. The van der Waals surface area contributed by atoms with Gasteiger partial charge >= 0.3 is 0 Å². The Kier molecular flexibility index (Phi) is 5.81. The summed E-state index contributed by atoms with van der Waals surface area (Å²) in [4.78, 5) is 27.3. The molecule has 2 N–H and O–H groups in total. The van der Waals surface area contributed by atoms with Crippen molar-refractivity contribution in [3.8, 4) is 5.75 Å². The van der Waals surface area contributed by atoms with Crippen molar-refractivity contribution in [1.29, 1.82) is 0 Å². The van der Waals surface area contributed by atoms with E-state index in [0.29, 0.717) is 29.3 Å². The summed E-state index contributed by atoms with van der Waals surface area (Å²) in [5.74, 6) is 0.208. The van der Waals surface area contributed by atoms with Gasteiger partial charge in [-0.15, -0.1) is 0 Å². The summed E-state index contributed by atoms with van der Waals surface area (Å²) in [7, 11) is 1.52. The van der Waals surface area contributed by atoms with Gasteiger partial charge in [-0.2, -0.15) is 0 Å². The third-order valence-electron chi connectivity index (χ3n) is 4.89. The molecular formula is C18H24ClN3O3. The number of nitrogens with one attached hydrogen (secondary N) is 2. The van der Waals surface area contributed by atoms with Gasteiger partial charge in [-0.05, 0) is 57.0 Å². The van der Waals surface area contributed by atoms with E-state index in [1.165, 1.54) is 7.11 Å². The highest BCUT2D eigenvalue weighted by Crippen LogP contribution is 2.27. The molecule has 1 atom stereocenters. The first-order chi connectivity index (χ1) is 12.1. The lowest BCUT2D eigenvalue weighted by atomic mass is 10.1. The van der Waals surface area contributed by atoms with Gasteiger partial charge in [0.15, 0.2) is 0 Å². The summed E-state index contributed by atoms with van der Waals surface area (Å²) in [6, 6.07) is 4.72. The molecular weight excluding hydrogens is 342 g/mol. The molecule has 7 heteroatoms. The molecule has 2 amide bonds. The summed E-state index contributed by atoms with van der Waals surface area (Å²) in [6.45, 7) is 2.40. The number of hydrogen-bond donors (Lipinski definition) is 2. The van der Waals surface area contributed by atoms with Crippen molar-refractivity contribution < 1.29 is 14.3 Å². The summed E-state index contributed by atoms with van der Waals surface area (Å²) < 4.78 is 5.28. The van der Waals surface area contributed by atoms with Crippen LogP contribution in [0.2, 0.25) is 5.02 Å². The number of rotatable bonds is 4. The van der Waals surface area contributed by atoms with Crippen molar-refractivity contribution in [1.82, 2.24) is 15.5 Å². The summed E-state index contributed by atoms with van der Waals surface area (Å²) in [5.41, 5.74) is 0.400. The van der Waals surface area contributed by atoms with Gasteiger partial charge in [0, 0.05) is 17.6 Å². The lowest BCUT2D eigenvalue weighted by Crippen LogP contribution is -2.51.